The minimum absolute atomic E-state index is 0.150. The van der Waals surface area contributed by atoms with Crippen LogP contribution in [0.2, 0.25) is 0 Å². The summed E-state index contributed by atoms with van der Waals surface area (Å²) in [5.74, 6) is 0.248. The number of methoxy groups -OCH3 is 1. The van der Waals surface area contributed by atoms with Crippen LogP contribution in [0.5, 0.6) is 5.75 Å². The van der Waals surface area contributed by atoms with Gasteiger partial charge in [-0.15, -0.1) is 0 Å². The number of carbonyl (C=O) groups excluding carboxylic acids is 2. The SMILES string of the molecule is COc1ccc(NC(=O)C(CCSC)NS(=O)(=O)c2cc(C)ccc2C)cc1NC(C)=O. The Kier molecular flexibility index (Phi) is 9.11. The monoisotopic (exact) mass is 479 g/mol. The van der Waals surface area contributed by atoms with Gasteiger partial charge >= 0.3 is 0 Å². The highest BCUT2D eigenvalue weighted by molar-refractivity contribution is 7.98. The van der Waals surface area contributed by atoms with Crippen LogP contribution in [0, 0.1) is 13.8 Å². The van der Waals surface area contributed by atoms with Crippen molar-refractivity contribution < 1.29 is 22.7 Å². The predicted molar refractivity (Wildman–Crippen MR) is 129 cm³/mol. The zero-order chi connectivity index (χ0) is 23.9. The van der Waals surface area contributed by atoms with Gasteiger partial charge in [-0.25, -0.2) is 8.42 Å². The van der Waals surface area contributed by atoms with E-state index in [0.717, 1.165) is 5.56 Å². The van der Waals surface area contributed by atoms with E-state index >= 15 is 0 Å². The molecular formula is C22H29N3O5S2. The van der Waals surface area contributed by atoms with E-state index in [1.54, 1.807) is 37.3 Å². The van der Waals surface area contributed by atoms with Crippen molar-refractivity contribution in [2.24, 2.45) is 0 Å². The van der Waals surface area contributed by atoms with Gasteiger partial charge in [0.1, 0.15) is 11.8 Å². The van der Waals surface area contributed by atoms with Crippen LogP contribution in [0.4, 0.5) is 11.4 Å². The summed E-state index contributed by atoms with van der Waals surface area (Å²) in [6.07, 6.45) is 2.20. The molecule has 2 aromatic rings. The first-order valence-corrected chi connectivity index (χ1v) is 12.8. The van der Waals surface area contributed by atoms with E-state index in [0.29, 0.717) is 34.9 Å². The third-order valence-electron chi connectivity index (χ3n) is 4.64. The summed E-state index contributed by atoms with van der Waals surface area (Å²) in [4.78, 5) is 24.6. The first kappa shape index (κ1) is 25.7. The lowest BCUT2D eigenvalue weighted by atomic mass is 10.2. The Morgan fingerprint density at radius 2 is 1.81 bits per heavy atom. The second-order valence-corrected chi connectivity index (χ2v) is 9.98. The van der Waals surface area contributed by atoms with Crippen LogP contribution in [0.1, 0.15) is 24.5 Å². The van der Waals surface area contributed by atoms with Crippen LogP contribution in [-0.2, 0) is 19.6 Å². The predicted octanol–water partition coefficient (Wildman–Crippen LogP) is 3.31. The quantitative estimate of drug-likeness (QED) is 0.482. The van der Waals surface area contributed by atoms with Gasteiger partial charge in [0.2, 0.25) is 21.8 Å². The molecule has 0 spiro atoms. The third kappa shape index (κ3) is 6.98. The average Bonchev–Trinajstić information content (AvgIpc) is 2.72. The molecule has 0 fully saturated rings. The number of hydrogen-bond donors (Lipinski definition) is 3. The van der Waals surface area contributed by atoms with Crippen molar-refractivity contribution in [1.82, 2.24) is 4.72 Å². The van der Waals surface area contributed by atoms with Gasteiger partial charge in [-0.05, 0) is 67.7 Å². The van der Waals surface area contributed by atoms with Gasteiger partial charge < -0.3 is 15.4 Å². The summed E-state index contributed by atoms with van der Waals surface area (Å²) < 4.78 is 33.8. The first-order chi connectivity index (χ1) is 15.1. The number of sulfonamides is 1. The van der Waals surface area contributed by atoms with Crippen molar-refractivity contribution in [2.45, 2.75) is 38.1 Å². The number of rotatable bonds is 10. The molecule has 174 valence electrons. The smallest absolute Gasteiger partial charge is 0.242 e. The minimum Gasteiger partial charge on any atom is -0.495 e. The molecule has 0 saturated heterocycles. The Morgan fingerprint density at radius 3 is 2.44 bits per heavy atom. The van der Waals surface area contributed by atoms with E-state index in [-0.39, 0.29) is 10.8 Å². The van der Waals surface area contributed by atoms with E-state index in [1.807, 2.05) is 19.2 Å². The Balaban J connectivity index is 2.28. The van der Waals surface area contributed by atoms with Gasteiger partial charge in [-0.3, -0.25) is 9.59 Å². The van der Waals surface area contributed by atoms with Gasteiger partial charge in [0.15, 0.2) is 0 Å². The summed E-state index contributed by atoms with van der Waals surface area (Å²) in [5, 5.41) is 5.38. The minimum atomic E-state index is -3.91. The molecule has 2 amide bonds. The number of anilines is 2. The lowest BCUT2D eigenvalue weighted by Gasteiger charge is -2.20. The molecule has 0 heterocycles. The zero-order valence-corrected chi connectivity index (χ0v) is 20.4. The van der Waals surface area contributed by atoms with E-state index in [2.05, 4.69) is 15.4 Å². The van der Waals surface area contributed by atoms with Crippen molar-refractivity contribution in [3.05, 3.63) is 47.5 Å². The fraction of sp³-hybridized carbons (Fsp3) is 0.364. The molecule has 32 heavy (non-hydrogen) atoms. The maximum atomic E-state index is 13.0. The highest BCUT2D eigenvalue weighted by Gasteiger charge is 2.27. The van der Waals surface area contributed by atoms with E-state index < -0.39 is 22.0 Å². The van der Waals surface area contributed by atoms with Crippen molar-refractivity contribution in [3.8, 4) is 5.75 Å². The zero-order valence-electron chi connectivity index (χ0n) is 18.8. The van der Waals surface area contributed by atoms with Gasteiger partial charge in [-0.2, -0.15) is 16.5 Å². The van der Waals surface area contributed by atoms with Crippen LogP contribution in [0.15, 0.2) is 41.3 Å². The van der Waals surface area contributed by atoms with Crippen molar-refractivity contribution in [1.29, 1.82) is 0 Å². The molecule has 1 unspecified atom stereocenters. The normalized spacial score (nSPS) is 12.2. The molecule has 0 aliphatic rings. The molecular weight excluding hydrogens is 450 g/mol. The lowest BCUT2D eigenvalue weighted by Crippen LogP contribution is -2.44. The Bertz CT molecular complexity index is 1090. The van der Waals surface area contributed by atoms with Crippen molar-refractivity contribution >= 4 is 45.0 Å². The summed E-state index contributed by atoms with van der Waals surface area (Å²) in [7, 11) is -2.44. The van der Waals surface area contributed by atoms with E-state index in [1.165, 1.54) is 25.8 Å². The Labute approximate surface area is 193 Å². The van der Waals surface area contributed by atoms with Crippen LogP contribution >= 0.6 is 11.8 Å². The number of benzene rings is 2. The summed E-state index contributed by atoms with van der Waals surface area (Å²) in [6.45, 7) is 4.89. The molecule has 0 bridgehead atoms. The molecule has 2 aromatic carbocycles. The van der Waals surface area contributed by atoms with Crippen LogP contribution in [0.3, 0.4) is 0 Å². The molecule has 0 saturated carbocycles. The maximum absolute atomic E-state index is 13.0. The van der Waals surface area contributed by atoms with Gasteiger partial charge in [0, 0.05) is 12.6 Å². The molecule has 0 aromatic heterocycles. The van der Waals surface area contributed by atoms with Crippen LogP contribution < -0.4 is 20.1 Å². The molecule has 1 atom stereocenters. The van der Waals surface area contributed by atoms with E-state index in [4.69, 9.17) is 4.74 Å². The highest BCUT2D eigenvalue weighted by atomic mass is 32.2. The van der Waals surface area contributed by atoms with Crippen molar-refractivity contribution in [3.63, 3.8) is 0 Å². The second kappa shape index (κ2) is 11.3. The average molecular weight is 480 g/mol. The number of thioether (sulfide) groups is 1. The standard InChI is InChI=1S/C22H29N3O5S2/c1-14-6-7-15(2)21(12-14)32(28,29)25-18(10-11-31-5)22(27)24-17-8-9-20(30-4)19(13-17)23-16(3)26/h6-9,12-13,18,25H,10-11H2,1-5H3,(H,23,26)(H,24,27). The van der Waals surface area contributed by atoms with Crippen LogP contribution in [0.25, 0.3) is 0 Å². The highest BCUT2D eigenvalue weighted by Crippen LogP contribution is 2.28. The molecule has 8 nitrogen and oxygen atoms in total. The largest absolute Gasteiger partial charge is 0.495 e. The topological polar surface area (TPSA) is 114 Å². The van der Waals surface area contributed by atoms with Gasteiger partial charge in [0.25, 0.3) is 0 Å². The van der Waals surface area contributed by atoms with E-state index in [9.17, 15) is 18.0 Å². The summed E-state index contributed by atoms with van der Waals surface area (Å²) in [6, 6.07) is 8.97. The summed E-state index contributed by atoms with van der Waals surface area (Å²) >= 11 is 1.52. The Hall–Kier alpha value is -2.56. The fourth-order valence-electron chi connectivity index (χ4n) is 3.03. The van der Waals surface area contributed by atoms with Crippen molar-refractivity contribution in [2.75, 3.05) is 29.8 Å². The fourth-order valence-corrected chi connectivity index (χ4v) is 5.06. The lowest BCUT2D eigenvalue weighted by molar-refractivity contribution is -0.117. The first-order valence-electron chi connectivity index (χ1n) is 9.92. The van der Waals surface area contributed by atoms with Gasteiger partial charge in [0.05, 0.1) is 17.7 Å². The van der Waals surface area contributed by atoms with Gasteiger partial charge in [-0.1, -0.05) is 12.1 Å². The molecule has 0 radical (unpaired) electrons. The molecule has 0 aliphatic heterocycles. The number of aryl methyl sites for hydroxylation is 2. The number of hydrogen-bond acceptors (Lipinski definition) is 6. The second-order valence-electron chi connectivity index (χ2n) is 7.31. The number of ether oxygens (including phenoxy) is 1. The number of nitrogens with one attached hydrogen (secondary N) is 3. The molecule has 0 aliphatic carbocycles. The summed E-state index contributed by atoms with van der Waals surface area (Å²) in [5.41, 5.74) is 2.21. The number of amides is 2. The maximum Gasteiger partial charge on any atom is 0.242 e. The number of carbonyl (C=O) groups is 2. The molecule has 3 N–H and O–H groups in total. The molecule has 10 heteroatoms. The third-order valence-corrected chi connectivity index (χ3v) is 6.89. The van der Waals surface area contributed by atoms with Crippen LogP contribution in [-0.4, -0.2) is 45.4 Å². The molecule has 2 rings (SSSR count). The Morgan fingerprint density at radius 1 is 1.09 bits per heavy atom.